The highest BCUT2D eigenvalue weighted by atomic mass is 79.9. The van der Waals surface area contributed by atoms with E-state index < -0.39 is 10.0 Å². The zero-order valence-electron chi connectivity index (χ0n) is 9.28. The van der Waals surface area contributed by atoms with Gasteiger partial charge in [0, 0.05) is 12.6 Å². The van der Waals surface area contributed by atoms with Gasteiger partial charge in [-0.3, -0.25) is 0 Å². The average molecular weight is 339 g/mol. The van der Waals surface area contributed by atoms with E-state index in [1.165, 1.54) is 17.8 Å². The van der Waals surface area contributed by atoms with Crippen LogP contribution in [-0.2, 0) is 10.0 Å². The predicted octanol–water partition coefficient (Wildman–Crippen LogP) is 1.93. The summed E-state index contributed by atoms with van der Waals surface area (Å²) in [4.78, 5) is 0. The zero-order valence-corrected chi connectivity index (χ0v) is 12.5. The molecule has 0 spiro atoms. The summed E-state index contributed by atoms with van der Waals surface area (Å²) in [5, 5.41) is 3.35. The zero-order chi connectivity index (χ0) is 12.3. The molecule has 17 heavy (non-hydrogen) atoms. The van der Waals surface area contributed by atoms with Crippen molar-refractivity contribution < 1.29 is 8.42 Å². The molecule has 0 saturated carbocycles. The van der Waals surface area contributed by atoms with Gasteiger partial charge in [-0.15, -0.1) is 11.3 Å². The van der Waals surface area contributed by atoms with Crippen LogP contribution in [-0.4, -0.2) is 27.5 Å². The number of hydrogen-bond donors (Lipinski definition) is 2. The first-order valence-electron chi connectivity index (χ1n) is 5.56. The first-order valence-corrected chi connectivity index (χ1v) is 8.65. The van der Waals surface area contributed by atoms with Gasteiger partial charge >= 0.3 is 0 Å². The molecule has 96 valence electrons. The number of rotatable bonds is 5. The lowest BCUT2D eigenvalue weighted by Crippen LogP contribution is -2.30. The Morgan fingerprint density at radius 3 is 2.94 bits per heavy atom. The summed E-state index contributed by atoms with van der Waals surface area (Å²) in [6.07, 6.45) is 3.19. The highest BCUT2D eigenvalue weighted by molar-refractivity contribution is 9.11. The summed E-state index contributed by atoms with van der Waals surface area (Å²) in [6, 6.07) is 3.83. The second-order valence-corrected chi connectivity index (χ2v) is 8.50. The van der Waals surface area contributed by atoms with Crippen LogP contribution < -0.4 is 10.0 Å². The van der Waals surface area contributed by atoms with Gasteiger partial charge in [0.05, 0.1) is 3.79 Å². The van der Waals surface area contributed by atoms with Crippen molar-refractivity contribution in [2.24, 2.45) is 0 Å². The van der Waals surface area contributed by atoms with Gasteiger partial charge < -0.3 is 5.32 Å². The molecule has 1 aromatic heterocycles. The average Bonchev–Trinajstić information content (AvgIpc) is 2.89. The minimum atomic E-state index is -3.32. The summed E-state index contributed by atoms with van der Waals surface area (Å²) >= 11 is 4.49. The lowest BCUT2D eigenvalue weighted by molar-refractivity contribution is 0.540. The van der Waals surface area contributed by atoms with Crippen LogP contribution in [0.25, 0.3) is 0 Å². The van der Waals surface area contributed by atoms with Crippen LogP contribution in [0.2, 0.25) is 0 Å². The van der Waals surface area contributed by atoms with Gasteiger partial charge in [0.1, 0.15) is 4.21 Å². The molecule has 1 saturated heterocycles. The topological polar surface area (TPSA) is 58.2 Å². The maximum Gasteiger partial charge on any atom is 0.250 e. The van der Waals surface area contributed by atoms with E-state index in [0.29, 0.717) is 16.8 Å². The molecule has 2 N–H and O–H groups in total. The van der Waals surface area contributed by atoms with Crippen molar-refractivity contribution in [1.82, 2.24) is 10.0 Å². The molecule has 0 amide bonds. The van der Waals surface area contributed by atoms with Gasteiger partial charge in [-0.2, -0.15) is 0 Å². The molecule has 0 aliphatic carbocycles. The van der Waals surface area contributed by atoms with Gasteiger partial charge in [0.15, 0.2) is 0 Å². The number of thiophene rings is 1. The molecule has 2 heterocycles. The Kier molecular flexibility index (Phi) is 4.59. The first kappa shape index (κ1) is 13.5. The summed E-state index contributed by atoms with van der Waals surface area (Å²) in [7, 11) is -3.32. The van der Waals surface area contributed by atoms with Crippen LogP contribution in [0.5, 0.6) is 0 Å². The molecule has 0 aromatic carbocycles. The van der Waals surface area contributed by atoms with Crippen molar-refractivity contribution in [2.75, 3.05) is 13.1 Å². The van der Waals surface area contributed by atoms with Crippen molar-refractivity contribution in [1.29, 1.82) is 0 Å². The molecule has 0 radical (unpaired) electrons. The Balaban J connectivity index is 1.85. The molecule has 4 nitrogen and oxygen atoms in total. The van der Waals surface area contributed by atoms with E-state index in [-0.39, 0.29) is 0 Å². The van der Waals surface area contributed by atoms with Crippen LogP contribution >= 0.6 is 27.3 Å². The van der Waals surface area contributed by atoms with Crippen molar-refractivity contribution in [2.45, 2.75) is 29.5 Å². The van der Waals surface area contributed by atoms with Crippen LogP contribution in [0.1, 0.15) is 19.3 Å². The van der Waals surface area contributed by atoms with Crippen molar-refractivity contribution >= 4 is 37.3 Å². The molecular weight excluding hydrogens is 324 g/mol. The second kappa shape index (κ2) is 5.79. The van der Waals surface area contributed by atoms with Crippen molar-refractivity contribution in [3.05, 3.63) is 15.9 Å². The molecule has 0 unspecified atom stereocenters. The molecule has 1 fully saturated rings. The van der Waals surface area contributed by atoms with Crippen molar-refractivity contribution in [3.8, 4) is 0 Å². The second-order valence-electron chi connectivity index (χ2n) is 4.04. The fourth-order valence-corrected chi connectivity index (χ4v) is 4.99. The number of nitrogens with one attached hydrogen (secondary N) is 2. The molecule has 1 aliphatic heterocycles. The summed E-state index contributed by atoms with van der Waals surface area (Å²) < 4.78 is 27.6. The third-order valence-corrected chi connectivity index (χ3v) is 6.34. The third-order valence-electron chi connectivity index (χ3n) is 2.76. The van der Waals surface area contributed by atoms with Crippen LogP contribution in [0.15, 0.2) is 20.1 Å². The molecular formula is C10H15BrN2O2S2. The first-order chi connectivity index (χ1) is 8.08. The predicted molar refractivity (Wildman–Crippen MR) is 72.8 cm³/mol. The SMILES string of the molecule is O=S(=O)(NCC[C@H]1CCCN1)c1ccc(Br)s1. The van der Waals surface area contributed by atoms with Gasteiger partial charge in [0.2, 0.25) is 10.0 Å². The number of sulfonamides is 1. The Morgan fingerprint density at radius 2 is 2.35 bits per heavy atom. The standard InChI is InChI=1S/C10H15BrN2O2S2/c11-9-3-4-10(16-9)17(14,15)13-7-5-8-2-1-6-12-8/h3-4,8,12-13H,1-2,5-7H2/t8-/m1/s1. The molecule has 1 aliphatic rings. The normalized spacial score (nSPS) is 20.9. The molecule has 0 bridgehead atoms. The monoisotopic (exact) mass is 338 g/mol. The maximum absolute atomic E-state index is 11.9. The number of halogens is 1. The summed E-state index contributed by atoms with van der Waals surface area (Å²) in [5.74, 6) is 0. The minimum Gasteiger partial charge on any atom is -0.314 e. The van der Waals surface area contributed by atoms with Crippen LogP contribution in [0.4, 0.5) is 0 Å². The van der Waals surface area contributed by atoms with E-state index in [1.807, 2.05) is 0 Å². The quantitative estimate of drug-likeness (QED) is 0.862. The molecule has 1 atom stereocenters. The Labute approximate surface area is 114 Å². The van der Waals surface area contributed by atoms with Crippen molar-refractivity contribution in [3.63, 3.8) is 0 Å². The number of hydrogen-bond acceptors (Lipinski definition) is 4. The lowest BCUT2D eigenvalue weighted by atomic mass is 10.2. The van der Waals surface area contributed by atoms with Crippen LogP contribution in [0, 0.1) is 0 Å². The van der Waals surface area contributed by atoms with Gasteiger partial charge in [-0.05, 0) is 53.9 Å². The van der Waals surface area contributed by atoms with E-state index in [1.54, 1.807) is 12.1 Å². The van der Waals surface area contributed by atoms with E-state index in [9.17, 15) is 8.42 Å². The van der Waals surface area contributed by atoms with E-state index in [4.69, 9.17) is 0 Å². The fourth-order valence-electron chi connectivity index (χ4n) is 1.88. The third kappa shape index (κ3) is 3.75. The molecule has 2 rings (SSSR count). The fraction of sp³-hybridized carbons (Fsp3) is 0.600. The highest BCUT2D eigenvalue weighted by Gasteiger charge is 2.18. The van der Waals surface area contributed by atoms with Gasteiger partial charge in [0.25, 0.3) is 0 Å². The van der Waals surface area contributed by atoms with E-state index in [0.717, 1.165) is 23.2 Å². The smallest absolute Gasteiger partial charge is 0.250 e. The van der Waals surface area contributed by atoms with Gasteiger partial charge in [-0.1, -0.05) is 0 Å². The Bertz CT molecular complexity index is 466. The van der Waals surface area contributed by atoms with E-state index in [2.05, 4.69) is 26.0 Å². The van der Waals surface area contributed by atoms with Crippen LogP contribution in [0.3, 0.4) is 0 Å². The lowest BCUT2D eigenvalue weighted by Gasteiger charge is -2.10. The maximum atomic E-state index is 11.9. The molecule has 7 heteroatoms. The minimum absolute atomic E-state index is 0.365. The summed E-state index contributed by atoms with van der Waals surface area (Å²) in [6.45, 7) is 1.55. The summed E-state index contributed by atoms with van der Waals surface area (Å²) in [5.41, 5.74) is 0. The molecule has 1 aromatic rings. The largest absolute Gasteiger partial charge is 0.314 e. The van der Waals surface area contributed by atoms with Gasteiger partial charge in [-0.25, -0.2) is 13.1 Å². The highest BCUT2D eigenvalue weighted by Crippen LogP contribution is 2.25. The Hall–Kier alpha value is 0.0500. The Morgan fingerprint density at radius 1 is 1.53 bits per heavy atom. The van der Waals surface area contributed by atoms with E-state index >= 15 is 0 Å².